The summed E-state index contributed by atoms with van der Waals surface area (Å²) in [7, 11) is 0. The molecule has 7 rings (SSSR count). The van der Waals surface area contributed by atoms with Crippen LogP contribution >= 0.6 is 11.8 Å². The highest BCUT2D eigenvalue weighted by Crippen LogP contribution is 2.41. The number of allylic oxidation sites excluding steroid dienone is 4. The normalized spacial score (nSPS) is 15.0. The lowest BCUT2D eigenvalue weighted by Gasteiger charge is -2.18. The Bertz CT molecular complexity index is 1790. The molecule has 1 nitrogen and oxygen atoms in total. The Labute approximate surface area is 214 Å². The molecule has 0 spiro atoms. The molecule has 4 aromatic carbocycles. The first-order chi connectivity index (χ1) is 17.9. The maximum absolute atomic E-state index is 6.46. The fourth-order valence-corrected chi connectivity index (χ4v) is 6.25. The van der Waals surface area contributed by atoms with Crippen molar-refractivity contribution in [2.24, 2.45) is 0 Å². The molecule has 0 saturated carbocycles. The van der Waals surface area contributed by atoms with E-state index < -0.39 is 0 Å². The first kappa shape index (κ1) is 21.3. The molecule has 36 heavy (non-hydrogen) atoms. The van der Waals surface area contributed by atoms with Gasteiger partial charge in [0.1, 0.15) is 11.2 Å². The van der Waals surface area contributed by atoms with Crippen molar-refractivity contribution in [2.75, 3.05) is 5.75 Å². The molecule has 0 atom stereocenters. The summed E-state index contributed by atoms with van der Waals surface area (Å²) >= 11 is 1.83. The highest BCUT2D eigenvalue weighted by molar-refractivity contribution is 8.08. The van der Waals surface area contributed by atoms with E-state index in [9.17, 15) is 0 Å². The minimum atomic E-state index is 0.855. The molecule has 0 radical (unpaired) electrons. The van der Waals surface area contributed by atoms with Gasteiger partial charge in [0.05, 0.1) is 4.91 Å². The molecule has 1 aliphatic heterocycles. The molecule has 0 bridgehead atoms. The van der Waals surface area contributed by atoms with Gasteiger partial charge in [0.15, 0.2) is 0 Å². The van der Waals surface area contributed by atoms with Gasteiger partial charge in [-0.1, -0.05) is 103 Å². The Kier molecular flexibility index (Phi) is 5.26. The van der Waals surface area contributed by atoms with E-state index in [1.54, 1.807) is 0 Å². The first-order valence-electron chi connectivity index (χ1n) is 12.4. The van der Waals surface area contributed by atoms with Crippen LogP contribution < -0.4 is 10.6 Å². The van der Waals surface area contributed by atoms with Gasteiger partial charge >= 0.3 is 0 Å². The van der Waals surface area contributed by atoms with Crippen LogP contribution in [0.5, 0.6) is 0 Å². The number of hydrogen-bond donors (Lipinski definition) is 0. The summed E-state index contributed by atoms with van der Waals surface area (Å²) in [6.45, 7) is 0. The molecule has 172 valence electrons. The molecule has 0 amide bonds. The maximum atomic E-state index is 6.46. The smallest absolute Gasteiger partial charge is 0.141 e. The third-order valence-corrected chi connectivity index (χ3v) is 8.01. The van der Waals surface area contributed by atoms with E-state index in [0.29, 0.717) is 0 Å². The first-order valence-corrected chi connectivity index (χ1v) is 13.4. The van der Waals surface area contributed by atoms with Gasteiger partial charge < -0.3 is 4.42 Å². The number of hydrogen-bond acceptors (Lipinski definition) is 2. The van der Waals surface area contributed by atoms with E-state index in [2.05, 4.69) is 121 Å². The van der Waals surface area contributed by atoms with Crippen LogP contribution in [0.25, 0.3) is 49.2 Å². The second-order valence-corrected chi connectivity index (χ2v) is 10.2. The molecule has 1 aliphatic carbocycles. The highest BCUT2D eigenvalue weighted by Gasteiger charge is 2.19. The lowest BCUT2D eigenvalue weighted by molar-refractivity contribution is 0.520. The van der Waals surface area contributed by atoms with Crippen molar-refractivity contribution in [1.82, 2.24) is 0 Å². The summed E-state index contributed by atoms with van der Waals surface area (Å²) in [5, 5.41) is 6.23. The van der Waals surface area contributed by atoms with Crippen LogP contribution in [0.1, 0.15) is 17.7 Å². The zero-order chi connectivity index (χ0) is 23.9. The van der Waals surface area contributed by atoms with E-state index in [1.807, 2.05) is 11.8 Å². The Morgan fingerprint density at radius 3 is 2.03 bits per heavy atom. The molecule has 0 N–H and O–H groups in total. The number of furan rings is 1. The fourth-order valence-electron chi connectivity index (χ4n) is 5.44. The van der Waals surface area contributed by atoms with Gasteiger partial charge in [-0.15, -0.1) is 11.8 Å². The zero-order valence-corrected chi connectivity index (χ0v) is 20.6. The van der Waals surface area contributed by atoms with Crippen LogP contribution in [0.4, 0.5) is 0 Å². The Hall–Kier alpha value is -4.01. The van der Waals surface area contributed by atoms with Gasteiger partial charge in [0.2, 0.25) is 0 Å². The summed E-state index contributed by atoms with van der Waals surface area (Å²) in [4.78, 5) is 1.19. The third-order valence-electron chi connectivity index (χ3n) is 7.00. The Morgan fingerprint density at radius 1 is 0.694 bits per heavy atom. The minimum absolute atomic E-state index is 0.855. The molecular weight excluding hydrogens is 456 g/mol. The number of thioether (sulfide) groups is 1. The Morgan fingerprint density at radius 2 is 1.36 bits per heavy atom. The monoisotopic (exact) mass is 480 g/mol. The molecule has 0 unspecified atom stereocenters. The van der Waals surface area contributed by atoms with Crippen LogP contribution in [0.3, 0.4) is 0 Å². The van der Waals surface area contributed by atoms with Crippen molar-refractivity contribution in [3.8, 4) is 11.1 Å². The van der Waals surface area contributed by atoms with Crippen LogP contribution in [-0.2, 0) is 0 Å². The standard InChI is InChI=1S/C34H24OS/c1-2-12-23(13-3-1)33-24-14-4-6-16-26(24)34(27-17-7-5-15-25(27)33)28-18-8-9-19-30-29(28)22-31(35-30)32-20-10-11-21-36-32/h1-8,10-20,22H,9,21H2. The number of benzene rings is 4. The van der Waals surface area contributed by atoms with Gasteiger partial charge in [-0.2, -0.15) is 0 Å². The molecule has 1 aromatic heterocycles. The minimum Gasteiger partial charge on any atom is -0.456 e. The second kappa shape index (κ2) is 8.89. The van der Waals surface area contributed by atoms with E-state index in [1.165, 1.54) is 48.7 Å². The summed E-state index contributed by atoms with van der Waals surface area (Å²) < 4.78 is 6.46. The summed E-state index contributed by atoms with van der Waals surface area (Å²) in [6, 6.07) is 30.7. The van der Waals surface area contributed by atoms with E-state index in [4.69, 9.17) is 4.42 Å². The number of fused-ring (bicyclic) bond motifs is 3. The van der Waals surface area contributed by atoms with Gasteiger partial charge in [0, 0.05) is 11.0 Å². The topological polar surface area (TPSA) is 13.1 Å². The molecule has 2 aliphatic rings. The van der Waals surface area contributed by atoms with Crippen molar-refractivity contribution in [3.05, 3.63) is 137 Å². The molecule has 2 heterocycles. The van der Waals surface area contributed by atoms with E-state index in [0.717, 1.165) is 28.6 Å². The van der Waals surface area contributed by atoms with Gasteiger partial charge in [0.25, 0.3) is 0 Å². The average Bonchev–Trinajstić information content (AvgIpc) is 3.27. The second-order valence-electron chi connectivity index (χ2n) is 9.12. The van der Waals surface area contributed by atoms with Crippen molar-refractivity contribution in [2.45, 2.75) is 6.42 Å². The van der Waals surface area contributed by atoms with Gasteiger partial charge in [-0.25, -0.2) is 0 Å². The zero-order valence-electron chi connectivity index (χ0n) is 19.8. The maximum Gasteiger partial charge on any atom is 0.141 e. The largest absolute Gasteiger partial charge is 0.456 e. The molecule has 0 fully saturated rings. The highest BCUT2D eigenvalue weighted by atomic mass is 32.2. The van der Waals surface area contributed by atoms with Crippen LogP contribution in [0.15, 0.2) is 120 Å². The molecule has 2 heteroatoms. The SMILES string of the molecule is C1=CCSC(c2cc3c(o2)=CCC=CC=3c2c3ccccc3c(-c3ccccc3)c3ccccc23)=C1. The predicted octanol–water partition coefficient (Wildman–Crippen LogP) is 7.84. The third kappa shape index (κ3) is 3.49. The summed E-state index contributed by atoms with van der Waals surface area (Å²) in [5.74, 6) is 1.93. The lowest BCUT2D eigenvalue weighted by Crippen LogP contribution is -2.21. The molecule has 0 saturated heterocycles. The van der Waals surface area contributed by atoms with Gasteiger partial charge in [-0.05, 0) is 68.4 Å². The van der Waals surface area contributed by atoms with Crippen LogP contribution in [0, 0.1) is 0 Å². The fraction of sp³-hybridized carbons (Fsp3) is 0.0588. The van der Waals surface area contributed by atoms with E-state index >= 15 is 0 Å². The molecule has 5 aromatic rings. The molecular formula is C34H24OS. The lowest BCUT2D eigenvalue weighted by atomic mass is 9.85. The Balaban J connectivity index is 1.62. The predicted molar refractivity (Wildman–Crippen MR) is 155 cm³/mol. The van der Waals surface area contributed by atoms with Crippen molar-refractivity contribution in [3.63, 3.8) is 0 Å². The average molecular weight is 481 g/mol. The van der Waals surface area contributed by atoms with Crippen molar-refractivity contribution >= 4 is 49.9 Å². The van der Waals surface area contributed by atoms with Crippen molar-refractivity contribution < 1.29 is 4.42 Å². The number of rotatable bonds is 3. The quantitative estimate of drug-likeness (QED) is 0.244. The van der Waals surface area contributed by atoms with Crippen molar-refractivity contribution in [1.29, 1.82) is 0 Å². The van der Waals surface area contributed by atoms with Crippen LogP contribution in [0.2, 0.25) is 0 Å². The summed E-state index contributed by atoms with van der Waals surface area (Å²) in [5.41, 5.74) is 5.98. The summed E-state index contributed by atoms with van der Waals surface area (Å²) in [6.07, 6.45) is 14.1. The van der Waals surface area contributed by atoms with Gasteiger partial charge in [-0.3, -0.25) is 0 Å². The van der Waals surface area contributed by atoms with E-state index in [-0.39, 0.29) is 0 Å². The van der Waals surface area contributed by atoms with Crippen LogP contribution in [-0.4, -0.2) is 5.75 Å².